The molecule has 0 amide bonds. The van der Waals surface area contributed by atoms with Crippen LogP contribution in [0.25, 0.3) is 0 Å². The van der Waals surface area contributed by atoms with Crippen molar-refractivity contribution in [2.24, 2.45) is 11.8 Å². The number of carbonyl (C=O) groups is 1. The first-order valence-corrected chi connectivity index (χ1v) is 5.10. The molecule has 0 radical (unpaired) electrons. The molecular formula is C11H22O. The molecule has 0 saturated carbocycles. The van der Waals surface area contributed by atoms with Gasteiger partial charge in [0.1, 0.15) is 5.78 Å². The van der Waals surface area contributed by atoms with Crippen LogP contribution >= 0.6 is 0 Å². The van der Waals surface area contributed by atoms with Crippen molar-refractivity contribution in [1.82, 2.24) is 0 Å². The predicted molar refractivity (Wildman–Crippen MR) is 53.2 cm³/mol. The van der Waals surface area contributed by atoms with E-state index in [0.29, 0.717) is 17.6 Å². The van der Waals surface area contributed by atoms with Crippen molar-refractivity contribution in [3.63, 3.8) is 0 Å². The van der Waals surface area contributed by atoms with Crippen LogP contribution in [-0.2, 0) is 4.79 Å². The molecule has 0 N–H and O–H groups in total. The van der Waals surface area contributed by atoms with Gasteiger partial charge in [-0.3, -0.25) is 4.79 Å². The second kappa shape index (κ2) is 6.22. The van der Waals surface area contributed by atoms with Gasteiger partial charge < -0.3 is 0 Å². The molecule has 12 heavy (non-hydrogen) atoms. The number of ketones is 1. The molecule has 0 heterocycles. The Kier molecular flexibility index (Phi) is 6.04. The molecule has 0 bridgehead atoms. The summed E-state index contributed by atoms with van der Waals surface area (Å²) < 4.78 is 0. The van der Waals surface area contributed by atoms with Crippen molar-refractivity contribution in [2.75, 3.05) is 0 Å². The second-order valence-corrected chi connectivity index (χ2v) is 3.96. The zero-order valence-electron chi connectivity index (χ0n) is 8.89. The molecule has 0 aromatic heterocycles. The average Bonchev–Trinajstić information content (AvgIpc) is 1.96. The van der Waals surface area contributed by atoms with E-state index in [1.165, 1.54) is 19.3 Å². The van der Waals surface area contributed by atoms with Crippen LogP contribution in [0.4, 0.5) is 0 Å². The molecule has 0 aliphatic rings. The summed E-state index contributed by atoms with van der Waals surface area (Å²) in [5.74, 6) is 1.18. The van der Waals surface area contributed by atoms with E-state index in [4.69, 9.17) is 0 Å². The Balaban J connectivity index is 3.72. The minimum absolute atomic E-state index is 0.302. The van der Waals surface area contributed by atoms with Crippen molar-refractivity contribution in [3.8, 4) is 0 Å². The third-order valence-electron chi connectivity index (χ3n) is 2.45. The molecular weight excluding hydrogens is 148 g/mol. The summed E-state index contributed by atoms with van der Waals surface area (Å²) in [7, 11) is 0. The van der Waals surface area contributed by atoms with Gasteiger partial charge in [0.15, 0.2) is 0 Å². The molecule has 0 aliphatic heterocycles. The summed E-state index contributed by atoms with van der Waals surface area (Å²) in [6, 6.07) is 0. The highest BCUT2D eigenvalue weighted by Gasteiger charge is 2.16. The molecule has 0 rings (SSSR count). The molecule has 0 aromatic carbocycles. The monoisotopic (exact) mass is 170 g/mol. The van der Waals surface area contributed by atoms with Crippen LogP contribution in [0.15, 0.2) is 0 Å². The van der Waals surface area contributed by atoms with E-state index in [9.17, 15) is 4.79 Å². The number of carbonyl (C=O) groups excluding carboxylic acids is 1. The smallest absolute Gasteiger partial charge is 0.133 e. The quantitative estimate of drug-likeness (QED) is 0.558. The van der Waals surface area contributed by atoms with E-state index in [0.717, 1.165) is 6.42 Å². The molecule has 0 spiro atoms. The van der Waals surface area contributed by atoms with E-state index in [1.54, 1.807) is 6.92 Å². The van der Waals surface area contributed by atoms with Crippen molar-refractivity contribution >= 4 is 5.78 Å². The zero-order valence-corrected chi connectivity index (χ0v) is 8.89. The predicted octanol–water partition coefficient (Wildman–Crippen LogP) is 3.43. The van der Waals surface area contributed by atoms with E-state index < -0.39 is 0 Å². The first-order chi connectivity index (χ1) is 5.59. The Hall–Kier alpha value is -0.330. The second-order valence-electron chi connectivity index (χ2n) is 3.96. The average molecular weight is 170 g/mol. The van der Waals surface area contributed by atoms with Crippen LogP contribution in [0.5, 0.6) is 0 Å². The van der Waals surface area contributed by atoms with Crippen LogP contribution in [0.1, 0.15) is 53.4 Å². The largest absolute Gasteiger partial charge is 0.300 e. The highest BCUT2D eigenvalue weighted by molar-refractivity contribution is 5.78. The SMILES string of the molecule is CCCCCC(C(C)=O)C(C)C. The lowest BCUT2D eigenvalue weighted by atomic mass is 9.87. The molecule has 0 fully saturated rings. The Morgan fingerprint density at radius 3 is 2.17 bits per heavy atom. The number of rotatable bonds is 6. The first-order valence-electron chi connectivity index (χ1n) is 5.10. The van der Waals surface area contributed by atoms with Crippen molar-refractivity contribution < 1.29 is 4.79 Å². The van der Waals surface area contributed by atoms with Gasteiger partial charge in [0, 0.05) is 5.92 Å². The van der Waals surface area contributed by atoms with Gasteiger partial charge in [-0.25, -0.2) is 0 Å². The summed E-state index contributed by atoms with van der Waals surface area (Å²) in [6.45, 7) is 8.19. The summed E-state index contributed by atoms with van der Waals surface area (Å²) in [5.41, 5.74) is 0. The third-order valence-corrected chi connectivity index (χ3v) is 2.45. The van der Waals surface area contributed by atoms with Gasteiger partial charge in [-0.1, -0.05) is 40.0 Å². The maximum atomic E-state index is 11.2. The lowest BCUT2D eigenvalue weighted by Crippen LogP contribution is -2.17. The number of hydrogen-bond donors (Lipinski definition) is 0. The van der Waals surface area contributed by atoms with Crippen LogP contribution in [0.3, 0.4) is 0 Å². The summed E-state index contributed by atoms with van der Waals surface area (Å²) >= 11 is 0. The van der Waals surface area contributed by atoms with Crippen LogP contribution in [0.2, 0.25) is 0 Å². The minimum atomic E-state index is 0.302. The lowest BCUT2D eigenvalue weighted by Gasteiger charge is -2.16. The minimum Gasteiger partial charge on any atom is -0.300 e. The van der Waals surface area contributed by atoms with Crippen LogP contribution in [-0.4, -0.2) is 5.78 Å². The maximum absolute atomic E-state index is 11.2. The van der Waals surface area contributed by atoms with E-state index in [2.05, 4.69) is 20.8 Å². The fraction of sp³-hybridized carbons (Fsp3) is 0.909. The fourth-order valence-electron chi connectivity index (χ4n) is 1.62. The third kappa shape index (κ3) is 4.53. The fourth-order valence-corrected chi connectivity index (χ4v) is 1.62. The lowest BCUT2D eigenvalue weighted by molar-refractivity contribution is -0.122. The van der Waals surface area contributed by atoms with Gasteiger partial charge in [-0.05, 0) is 19.3 Å². The summed E-state index contributed by atoms with van der Waals surface area (Å²) in [6.07, 6.45) is 4.79. The molecule has 72 valence electrons. The first kappa shape index (κ1) is 11.7. The molecule has 0 aromatic rings. The standard InChI is InChI=1S/C11H22O/c1-5-6-7-8-11(9(2)3)10(4)12/h9,11H,5-8H2,1-4H3. The summed E-state index contributed by atoms with van der Waals surface area (Å²) in [5, 5.41) is 0. The Bertz CT molecular complexity index is 127. The van der Waals surface area contributed by atoms with Gasteiger partial charge in [-0.15, -0.1) is 0 Å². The number of unbranched alkanes of at least 4 members (excludes halogenated alkanes) is 2. The van der Waals surface area contributed by atoms with Gasteiger partial charge in [0.2, 0.25) is 0 Å². The van der Waals surface area contributed by atoms with Crippen molar-refractivity contribution in [1.29, 1.82) is 0 Å². The molecule has 1 unspecified atom stereocenters. The molecule has 1 heteroatoms. The highest BCUT2D eigenvalue weighted by Crippen LogP contribution is 2.19. The molecule has 1 atom stereocenters. The Morgan fingerprint density at radius 1 is 1.25 bits per heavy atom. The van der Waals surface area contributed by atoms with Gasteiger partial charge in [0.05, 0.1) is 0 Å². The maximum Gasteiger partial charge on any atom is 0.133 e. The van der Waals surface area contributed by atoms with Crippen molar-refractivity contribution in [2.45, 2.75) is 53.4 Å². The highest BCUT2D eigenvalue weighted by atomic mass is 16.1. The Morgan fingerprint density at radius 2 is 1.83 bits per heavy atom. The topological polar surface area (TPSA) is 17.1 Å². The van der Waals surface area contributed by atoms with Crippen LogP contribution in [0, 0.1) is 11.8 Å². The summed E-state index contributed by atoms with van der Waals surface area (Å²) in [4.78, 5) is 11.2. The van der Waals surface area contributed by atoms with Crippen molar-refractivity contribution in [3.05, 3.63) is 0 Å². The van der Waals surface area contributed by atoms with Gasteiger partial charge >= 0.3 is 0 Å². The number of Topliss-reactive ketones (excluding diaryl/α,β-unsaturated/α-hetero) is 1. The van der Waals surface area contributed by atoms with Crippen LogP contribution < -0.4 is 0 Å². The number of hydrogen-bond acceptors (Lipinski definition) is 1. The van der Waals surface area contributed by atoms with E-state index in [-0.39, 0.29) is 0 Å². The molecule has 0 saturated heterocycles. The van der Waals surface area contributed by atoms with Gasteiger partial charge in [0.25, 0.3) is 0 Å². The van der Waals surface area contributed by atoms with E-state index >= 15 is 0 Å². The normalized spacial score (nSPS) is 13.4. The zero-order chi connectivity index (χ0) is 9.56. The Labute approximate surface area is 76.6 Å². The molecule has 1 nitrogen and oxygen atoms in total. The van der Waals surface area contributed by atoms with Gasteiger partial charge in [-0.2, -0.15) is 0 Å². The molecule has 0 aliphatic carbocycles. The van der Waals surface area contributed by atoms with E-state index in [1.807, 2.05) is 0 Å².